The topological polar surface area (TPSA) is 84.0 Å². The Morgan fingerprint density at radius 1 is 1.59 bits per heavy atom. The molecule has 1 aromatic heterocycles. The second-order valence-electron chi connectivity index (χ2n) is 4.51. The van der Waals surface area contributed by atoms with Gasteiger partial charge in [0.1, 0.15) is 17.6 Å². The van der Waals surface area contributed by atoms with Crippen LogP contribution in [-0.4, -0.2) is 49.7 Å². The lowest BCUT2D eigenvalue weighted by atomic mass is 10.3. The molecule has 0 bridgehead atoms. The molecule has 1 aliphatic heterocycles. The molecule has 1 aromatic carbocycles. The number of tetrazole rings is 1. The second-order valence-corrected chi connectivity index (χ2v) is 5.92. The first kappa shape index (κ1) is 15.0. The van der Waals surface area contributed by atoms with Gasteiger partial charge in [-0.25, -0.2) is 4.39 Å². The molecule has 1 amide bonds. The lowest BCUT2D eigenvalue weighted by Gasteiger charge is -2.21. The Morgan fingerprint density at radius 3 is 3.18 bits per heavy atom. The molecule has 1 N–H and O–H groups in total. The van der Waals surface area contributed by atoms with Crippen LogP contribution in [0, 0.1) is 5.82 Å². The molecule has 1 unspecified atom stereocenters. The van der Waals surface area contributed by atoms with E-state index < -0.39 is 5.82 Å². The van der Waals surface area contributed by atoms with E-state index in [0.717, 1.165) is 6.07 Å². The minimum atomic E-state index is -0.590. The Morgan fingerprint density at radius 2 is 2.45 bits per heavy atom. The number of halogens is 2. The summed E-state index contributed by atoms with van der Waals surface area (Å²) in [4.78, 5) is 13.9. The lowest BCUT2D eigenvalue weighted by molar-refractivity contribution is -0.134. The van der Waals surface area contributed by atoms with Crippen molar-refractivity contribution in [2.75, 3.05) is 18.2 Å². The highest BCUT2D eigenvalue weighted by atomic mass is 35.5. The molecule has 0 spiro atoms. The summed E-state index contributed by atoms with van der Waals surface area (Å²) in [5, 5.41) is 13.7. The number of thioether (sulfide) groups is 1. The third kappa shape index (κ3) is 3.14. The molecular weight excluding hydrogens is 333 g/mol. The molecule has 1 atom stereocenters. The van der Waals surface area contributed by atoms with Gasteiger partial charge in [-0.05, 0) is 12.1 Å². The number of amides is 1. The number of rotatable bonds is 4. The Labute approximate surface area is 134 Å². The number of benzene rings is 1. The average Bonchev–Trinajstić information content (AvgIpc) is 3.18. The summed E-state index contributed by atoms with van der Waals surface area (Å²) in [6.45, 7) is -0.198. The van der Waals surface area contributed by atoms with Crippen molar-refractivity contribution in [3.63, 3.8) is 0 Å². The summed E-state index contributed by atoms with van der Waals surface area (Å²) in [5.41, 5.74) is 0. The quantitative estimate of drug-likeness (QED) is 0.908. The van der Waals surface area contributed by atoms with Gasteiger partial charge in [-0.2, -0.15) is 5.21 Å². The Bertz CT molecular complexity index is 672. The molecule has 2 heterocycles. The molecule has 22 heavy (non-hydrogen) atoms. The molecule has 0 radical (unpaired) electrons. The zero-order valence-electron chi connectivity index (χ0n) is 11.2. The van der Waals surface area contributed by atoms with Crippen LogP contribution in [-0.2, 0) is 4.79 Å². The molecule has 10 heteroatoms. The molecule has 0 saturated carbocycles. The molecule has 1 saturated heterocycles. The summed E-state index contributed by atoms with van der Waals surface area (Å²) in [6.07, 6.45) is 0. The first-order valence-corrected chi connectivity index (χ1v) is 7.87. The van der Waals surface area contributed by atoms with E-state index in [4.69, 9.17) is 16.3 Å². The number of carbonyl (C=O) groups excluding carboxylic acids is 1. The smallest absolute Gasteiger partial charge is 0.261 e. The summed E-state index contributed by atoms with van der Waals surface area (Å²) in [6, 6.07) is 3.80. The van der Waals surface area contributed by atoms with Crippen LogP contribution in [0.15, 0.2) is 18.2 Å². The lowest BCUT2D eigenvalue weighted by Crippen LogP contribution is -2.35. The van der Waals surface area contributed by atoms with Gasteiger partial charge in [0.2, 0.25) is 0 Å². The Balaban J connectivity index is 1.62. The fraction of sp³-hybridized carbons (Fsp3) is 0.333. The molecule has 3 rings (SSSR count). The molecule has 116 valence electrons. The van der Waals surface area contributed by atoms with Crippen molar-refractivity contribution in [3.8, 4) is 5.75 Å². The molecule has 7 nitrogen and oxygen atoms in total. The van der Waals surface area contributed by atoms with Crippen molar-refractivity contribution in [1.82, 2.24) is 25.5 Å². The summed E-state index contributed by atoms with van der Waals surface area (Å²) in [5.74, 6) is 1.12. The number of carbonyl (C=O) groups is 1. The Hall–Kier alpha value is -1.87. The minimum absolute atomic E-state index is 0.00629. The molecule has 1 aliphatic rings. The maximum absolute atomic E-state index is 13.3. The SMILES string of the molecule is O=C(COc1ccc(Cl)c(F)c1)N1CSCC1c1nn[nH]n1. The maximum atomic E-state index is 13.3. The number of aromatic amines is 1. The predicted molar refractivity (Wildman–Crippen MR) is 78.0 cm³/mol. The standard InChI is InChI=1S/C12H11ClFN5O2S/c13-8-2-1-7(3-9(8)14)21-4-11(20)19-6-22-5-10(19)12-15-17-18-16-12/h1-3,10H,4-6H2,(H,15,16,17,18). The monoisotopic (exact) mass is 343 g/mol. The van der Waals surface area contributed by atoms with Crippen LogP contribution >= 0.6 is 23.4 Å². The van der Waals surface area contributed by atoms with Gasteiger partial charge in [-0.1, -0.05) is 16.8 Å². The summed E-state index contributed by atoms with van der Waals surface area (Å²) in [7, 11) is 0. The summed E-state index contributed by atoms with van der Waals surface area (Å²) >= 11 is 7.19. The van der Waals surface area contributed by atoms with Crippen molar-refractivity contribution in [2.24, 2.45) is 0 Å². The number of nitrogens with zero attached hydrogens (tertiary/aromatic N) is 4. The third-order valence-electron chi connectivity index (χ3n) is 3.12. The second kappa shape index (κ2) is 6.49. The zero-order valence-corrected chi connectivity index (χ0v) is 12.8. The first-order valence-electron chi connectivity index (χ1n) is 6.33. The van der Waals surface area contributed by atoms with Crippen LogP contribution in [0.3, 0.4) is 0 Å². The van der Waals surface area contributed by atoms with Gasteiger partial charge in [-0.15, -0.1) is 22.0 Å². The molecular formula is C12H11ClFN5O2S. The average molecular weight is 344 g/mol. The van der Waals surface area contributed by atoms with Crippen LogP contribution < -0.4 is 4.74 Å². The van der Waals surface area contributed by atoms with E-state index in [1.165, 1.54) is 12.1 Å². The molecule has 1 fully saturated rings. The number of H-pyrrole nitrogens is 1. The van der Waals surface area contributed by atoms with Crippen molar-refractivity contribution >= 4 is 29.3 Å². The van der Waals surface area contributed by atoms with Gasteiger partial charge in [0.05, 0.1) is 10.9 Å². The van der Waals surface area contributed by atoms with Crippen molar-refractivity contribution < 1.29 is 13.9 Å². The van der Waals surface area contributed by atoms with Gasteiger partial charge in [0.25, 0.3) is 5.91 Å². The van der Waals surface area contributed by atoms with Gasteiger partial charge in [-0.3, -0.25) is 4.79 Å². The molecule has 0 aliphatic carbocycles. The van der Waals surface area contributed by atoms with Gasteiger partial charge < -0.3 is 9.64 Å². The summed E-state index contributed by atoms with van der Waals surface area (Å²) < 4.78 is 18.6. The van der Waals surface area contributed by atoms with Crippen molar-refractivity contribution in [2.45, 2.75) is 6.04 Å². The number of nitrogens with one attached hydrogen (secondary N) is 1. The number of hydrogen-bond donors (Lipinski definition) is 1. The maximum Gasteiger partial charge on any atom is 0.261 e. The largest absolute Gasteiger partial charge is 0.484 e. The molecule has 2 aromatic rings. The van der Waals surface area contributed by atoms with E-state index in [9.17, 15) is 9.18 Å². The predicted octanol–water partition coefficient (Wildman–Crippen LogP) is 1.65. The third-order valence-corrected chi connectivity index (χ3v) is 4.43. The van der Waals surface area contributed by atoms with Crippen LogP contribution in [0.5, 0.6) is 5.75 Å². The zero-order chi connectivity index (χ0) is 15.5. The van der Waals surface area contributed by atoms with Crippen molar-refractivity contribution in [3.05, 3.63) is 34.9 Å². The highest BCUT2D eigenvalue weighted by molar-refractivity contribution is 7.99. The van der Waals surface area contributed by atoms with Gasteiger partial charge in [0.15, 0.2) is 12.4 Å². The highest BCUT2D eigenvalue weighted by Crippen LogP contribution is 2.31. The van der Waals surface area contributed by atoms with E-state index in [-0.39, 0.29) is 29.3 Å². The Kier molecular flexibility index (Phi) is 4.44. The van der Waals surface area contributed by atoms with Crippen LogP contribution in [0.2, 0.25) is 5.02 Å². The minimum Gasteiger partial charge on any atom is -0.484 e. The van der Waals surface area contributed by atoms with E-state index >= 15 is 0 Å². The van der Waals surface area contributed by atoms with Gasteiger partial charge in [0, 0.05) is 11.8 Å². The highest BCUT2D eigenvalue weighted by Gasteiger charge is 2.33. The fourth-order valence-corrected chi connectivity index (χ4v) is 3.30. The fourth-order valence-electron chi connectivity index (χ4n) is 2.01. The van der Waals surface area contributed by atoms with E-state index in [2.05, 4.69) is 20.6 Å². The van der Waals surface area contributed by atoms with Crippen LogP contribution in [0.25, 0.3) is 0 Å². The normalized spacial score (nSPS) is 17.7. The van der Waals surface area contributed by atoms with Crippen molar-refractivity contribution in [1.29, 1.82) is 0 Å². The van der Waals surface area contributed by atoms with Gasteiger partial charge >= 0.3 is 0 Å². The van der Waals surface area contributed by atoms with E-state index in [0.29, 0.717) is 17.5 Å². The number of ether oxygens (including phenoxy) is 1. The van der Waals surface area contributed by atoms with E-state index in [1.54, 1.807) is 16.7 Å². The van der Waals surface area contributed by atoms with Crippen LogP contribution in [0.1, 0.15) is 11.9 Å². The number of hydrogen-bond acceptors (Lipinski definition) is 6. The number of aromatic nitrogens is 4. The first-order chi connectivity index (χ1) is 10.6. The van der Waals surface area contributed by atoms with Crippen LogP contribution in [0.4, 0.5) is 4.39 Å². The van der Waals surface area contributed by atoms with E-state index in [1.807, 2.05) is 0 Å².